The van der Waals surface area contributed by atoms with Gasteiger partial charge in [-0.15, -0.1) is 0 Å². The van der Waals surface area contributed by atoms with E-state index < -0.39 is 0 Å². The van der Waals surface area contributed by atoms with Crippen molar-refractivity contribution in [2.24, 2.45) is 0 Å². The average Bonchev–Trinajstić information content (AvgIpc) is 1.44. The summed E-state index contributed by atoms with van der Waals surface area (Å²) in [5.41, 5.74) is 25.8. The molecule has 0 N–H and O–H groups in total. The third kappa shape index (κ3) is 9.87. The van der Waals surface area contributed by atoms with Crippen molar-refractivity contribution in [3.63, 3.8) is 0 Å². The van der Waals surface area contributed by atoms with Crippen LogP contribution in [0.5, 0.6) is 0 Å². The van der Waals surface area contributed by atoms with E-state index in [1.165, 1.54) is 32.7 Å². The van der Waals surface area contributed by atoms with Gasteiger partial charge in [-0.2, -0.15) is 0 Å². The second-order valence-corrected chi connectivity index (χ2v) is 27.1. The quantitative estimate of drug-likeness (QED) is 0.121. The maximum atomic E-state index is 7.29. The third-order valence-electron chi connectivity index (χ3n) is 21.0. The Kier molecular flexibility index (Phi) is 13.5. The molecule has 17 aromatic carbocycles. The van der Waals surface area contributed by atoms with E-state index in [-0.39, 0.29) is 0 Å². The Balaban J connectivity index is 0.663. The van der Waals surface area contributed by atoms with Crippen LogP contribution in [-0.2, 0) is 0 Å². The normalized spacial score (nSPS) is 11.8. The fraction of sp³-hybridized carbons (Fsp3) is 0. The van der Waals surface area contributed by atoms with Gasteiger partial charge in [-0.25, -0.2) is 0 Å². The Morgan fingerprint density at radius 3 is 1.26 bits per heavy atom. The SMILES string of the molecule is c1cc(-c2ccc(N(c3ccccc3-c3ccc4oc5ccc(-c6ccc7c(c6)oc6c(N(c8cccc(-c9ccc%10ccccc%10c9)c8)c8ccccc8-c8ccc9oc%10ccccc%10c9c8)cccc67)cc5c4c3)c3cccc4oc5ccccc5c34)cc2)cc(-c2ccc3ccccc3c2)c1. The van der Waals surface area contributed by atoms with Crippen LogP contribution in [0, 0.1) is 0 Å². The summed E-state index contributed by atoms with van der Waals surface area (Å²) in [4.78, 5) is 4.77. The molecule has 104 heavy (non-hydrogen) atoms. The highest BCUT2D eigenvalue weighted by atomic mass is 16.3. The molecule has 0 saturated heterocycles. The molecule has 0 atom stereocenters. The van der Waals surface area contributed by atoms with E-state index in [0.717, 1.165) is 178 Å². The maximum Gasteiger partial charge on any atom is 0.159 e. The number of rotatable bonds is 12. The molecule has 0 bridgehead atoms. The first-order valence-corrected chi connectivity index (χ1v) is 35.3. The van der Waals surface area contributed by atoms with E-state index in [1.54, 1.807) is 0 Å². The number of anilines is 6. The minimum atomic E-state index is 0.787. The zero-order chi connectivity index (χ0) is 68.3. The lowest BCUT2D eigenvalue weighted by molar-refractivity contribution is 0.668. The third-order valence-corrected chi connectivity index (χ3v) is 21.0. The molecule has 21 rings (SSSR count). The number of para-hydroxylation sites is 5. The topological polar surface area (TPSA) is 59.0 Å². The van der Waals surface area contributed by atoms with Crippen molar-refractivity contribution < 1.29 is 17.7 Å². The molecule has 4 aromatic heterocycles. The molecule has 6 nitrogen and oxygen atoms in total. The second kappa shape index (κ2) is 23.9. The number of benzene rings is 17. The van der Waals surface area contributed by atoms with Gasteiger partial charge in [0.05, 0.1) is 28.1 Å². The monoisotopic (exact) mass is 1330 g/mol. The fourth-order valence-electron chi connectivity index (χ4n) is 16.0. The Hall–Kier alpha value is -13.9. The van der Waals surface area contributed by atoms with Crippen molar-refractivity contribution in [2.75, 3.05) is 9.80 Å². The van der Waals surface area contributed by atoms with Crippen LogP contribution in [0.25, 0.3) is 176 Å². The van der Waals surface area contributed by atoms with E-state index in [9.17, 15) is 0 Å². The molecule has 0 aliphatic rings. The Morgan fingerprint density at radius 2 is 0.577 bits per heavy atom. The zero-order valence-electron chi connectivity index (χ0n) is 56.2. The largest absolute Gasteiger partial charge is 0.456 e. The highest BCUT2D eigenvalue weighted by molar-refractivity contribution is 6.16. The van der Waals surface area contributed by atoms with Crippen LogP contribution in [0.3, 0.4) is 0 Å². The molecule has 0 spiro atoms. The maximum absolute atomic E-state index is 7.29. The van der Waals surface area contributed by atoms with Crippen LogP contribution in [0.1, 0.15) is 0 Å². The molecular formula is C98H60N2O4. The molecule has 0 fully saturated rings. The smallest absolute Gasteiger partial charge is 0.159 e. The predicted octanol–water partition coefficient (Wildman–Crippen LogP) is 28.5. The average molecular weight is 1330 g/mol. The van der Waals surface area contributed by atoms with Crippen molar-refractivity contribution in [3.05, 3.63) is 364 Å². The van der Waals surface area contributed by atoms with Gasteiger partial charge in [-0.1, -0.05) is 231 Å². The van der Waals surface area contributed by atoms with Crippen molar-refractivity contribution in [1.29, 1.82) is 0 Å². The summed E-state index contributed by atoms with van der Waals surface area (Å²) in [6, 6.07) is 131. The Morgan fingerprint density at radius 1 is 0.173 bits per heavy atom. The number of fused-ring (bicyclic) bond motifs is 14. The van der Waals surface area contributed by atoms with E-state index in [0.29, 0.717) is 0 Å². The standard InChI is InChI=1S/C98H60N2O4/c1-3-19-64-54-69(39-37-61(64)17-1)67-22-13-21-66(53-67)63-41-47-75(48-42-63)99(88-32-16-36-95-97(88)82-28-8-12-35-91(82)103-95)86-30-9-5-25-77(86)74-46-52-94-85(59-74)84-57-71(44-50-93(84)102-94)72-43-49-80-81-29-15-33-89(98(81)104-96(80)60-72)100(76-24-14-23-68(56-76)70-40-38-62-18-2-4-20-65(62)55-70)87-31-10-6-26-78(87)73-45-51-92-83(58-73)79-27-7-11-34-90(79)101-92/h1-60H. The zero-order valence-corrected chi connectivity index (χ0v) is 56.2. The number of furan rings is 4. The van der Waals surface area contributed by atoms with Crippen LogP contribution in [-0.4, -0.2) is 0 Å². The fourth-order valence-corrected chi connectivity index (χ4v) is 16.0. The predicted molar refractivity (Wildman–Crippen MR) is 433 cm³/mol. The van der Waals surface area contributed by atoms with E-state index >= 15 is 0 Å². The molecule has 486 valence electrons. The Bertz CT molecular complexity index is 7030. The summed E-state index contributed by atoms with van der Waals surface area (Å²) in [6.45, 7) is 0. The molecule has 0 saturated carbocycles. The van der Waals surface area contributed by atoms with Crippen LogP contribution in [0.2, 0.25) is 0 Å². The first-order valence-electron chi connectivity index (χ1n) is 35.3. The molecule has 0 radical (unpaired) electrons. The van der Waals surface area contributed by atoms with Crippen molar-refractivity contribution in [2.45, 2.75) is 0 Å². The minimum absolute atomic E-state index is 0.787. The number of hydrogen-bond acceptors (Lipinski definition) is 6. The molecular weight excluding hydrogens is 1270 g/mol. The second-order valence-electron chi connectivity index (χ2n) is 27.1. The van der Waals surface area contributed by atoms with Gasteiger partial charge in [0.2, 0.25) is 0 Å². The van der Waals surface area contributed by atoms with E-state index in [1.807, 2.05) is 18.2 Å². The van der Waals surface area contributed by atoms with Crippen molar-refractivity contribution >= 4 is 143 Å². The number of hydrogen-bond donors (Lipinski definition) is 0. The summed E-state index contributed by atoms with van der Waals surface area (Å²) in [5, 5.41) is 13.2. The van der Waals surface area contributed by atoms with Gasteiger partial charge < -0.3 is 27.5 Å². The van der Waals surface area contributed by atoms with Crippen LogP contribution in [0.4, 0.5) is 34.1 Å². The van der Waals surface area contributed by atoms with Crippen LogP contribution < -0.4 is 9.80 Å². The van der Waals surface area contributed by atoms with Gasteiger partial charge in [-0.05, 0) is 211 Å². The summed E-state index contributed by atoms with van der Waals surface area (Å²) < 4.78 is 26.9. The number of nitrogens with zero attached hydrogens (tertiary/aromatic N) is 2. The lowest BCUT2D eigenvalue weighted by Crippen LogP contribution is -2.11. The van der Waals surface area contributed by atoms with Gasteiger partial charge in [0.1, 0.15) is 39.1 Å². The van der Waals surface area contributed by atoms with Gasteiger partial charge in [0, 0.05) is 60.2 Å². The van der Waals surface area contributed by atoms with E-state index in [4.69, 9.17) is 17.7 Å². The lowest BCUT2D eigenvalue weighted by Gasteiger charge is -2.28. The summed E-state index contributed by atoms with van der Waals surface area (Å²) in [6.07, 6.45) is 0. The molecule has 0 amide bonds. The Labute approximate surface area is 598 Å². The molecule has 4 heterocycles. The molecule has 0 aliphatic carbocycles. The molecule has 0 unspecified atom stereocenters. The minimum Gasteiger partial charge on any atom is -0.456 e. The van der Waals surface area contributed by atoms with Gasteiger partial charge in [-0.3, -0.25) is 0 Å². The van der Waals surface area contributed by atoms with Crippen molar-refractivity contribution in [1.82, 2.24) is 0 Å². The summed E-state index contributed by atoms with van der Waals surface area (Å²) in [5.74, 6) is 0. The lowest BCUT2D eigenvalue weighted by atomic mass is 9.96. The summed E-state index contributed by atoms with van der Waals surface area (Å²) >= 11 is 0. The van der Waals surface area contributed by atoms with Gasteiger partial charge >= 0.3 is 0 Å². The first-order chi connectivity index (χ1) is 51.5. The first kappa shape index (κ1) is 59.0. The van der Waals surface area contributed by atoms with Crippen LogP contribution >= 0.6 is 0 Å². The molecule has 21 aromatic rings. The highest BCUT2D eigenvalue weighted by Crippen LogP contribution is 2.50. The highest BCUT2D eigenvalue weighted by Gasteiger charge is 2.26. The molecule has 6 heteroatoms. The summed E-state index contributed by atoms with van der Waals surface area (Å²) in [7, 11) is 0. The van der Waals surface area contributed by atoms with Gasteiger partial charge in [0.15, 0.2) is 5.58 Å². The van der Waals surface area contributed by atoms with E-state index in [2.05, 4.69) is 356 Å². The van der Waals surface area contributed by atoms with Gasteiger partial charge in [0.25, 0.3) is 0 Å². The molecule has 0 aliphatic heterocycles. The van der Waals surface area contributed by atoms with Crippen molar-refractivity contribution in [3.8, 4) is 66.8 Å². The van der Waals surface area contributed by atoms with Crippen LogP contribution in [0.15, 0.2) is 382 Å².